The molecule has 5 heteroatoms. The van der Waals surface area contributed by atoms with Crippen molar-refractivity contribution in [3.63, 3.8) is 0 Å². The van der Waals surface area contributed by atoms with E-state index >= 15 is 0 Å². The lowest BCUT2D eigenvalue weighted by molar-refractivity contribution is 0.0690. The van der Waals surface area contributed by atoms with Gasteiger partial charge in [-0.3, -0.25) is 0 Å². The summed E-state index contributed by atoms with van der Waals surface area (Å²) in [6.45, 7) is 2.26. The summed E-state index contributed by atoms with van der Waals surface area (Å²) in [6.07, 6.45) is 6.25. The molecular weight excluding hydrogens is 230 g/mol. The second-order valence-corrected chi connectivity index (χ2v) is 5.08. The zero-order chi connectivity index (χ0) is 13.1. The largest absolute Gasteiger partial charge is 0.477 e. The van der Waals surface area contributed by atoms with Crippen LogP contribution in [0.1, 0.15) is 43.1 Å². The molecule has 1 aliphatic rings. The Labute approximate surface area is 107 Å². The third-order valence-electron chi connectivity index (χ3n) is 3.63. The van der Waals surface area contributed by atoms with Crippen LogP contribution in [0.25, 0.3) is 0 Å². The summed E-state index contributed by atoms with van der Waals surface area (Å²) in [6, 6.07) is 1.83. The van der Waals surface area contributed by atoms with Gasteiger partial charge in [-0.05, 0) is 24.8 Å². The number of hydrogen-bond acceptors (Lipinski definition) is 4. The van der Waals surface area contributed by atoms with Gasteiger partial charge in [-0.25, -0.2) is 14.8 Å². The Balaban J connectivity index is 2.14. The molecule has 1 N–H and O–H groups in total. The Bertz CT molecular complexity index is 436. The van der Waals surface area contributed by atoms with Crippen LogP contribution in [0.3, 0.4) is 0 Å². The van der Waals surface area contributed by atoms with Gasteiger partial charge in [-0.2, -0.15) is 0 Å². The van der Waals surface area contributed by atoms with E-state index in [0.717, 1.165) is 12.8 Å². The molecule has 2 rings (SSSR count). The van der Waals surface area contributed by atoms with E-state index in [4.69, 9.17) is 5.11 Å². The Morgan fingerprint density at radius 1 is 1.50 bits per heavy atom. The van der Waals surface area contributed by atoms with Crippen molar-refractivity contribution < 1.29 is 9.90 Å². The molecule has 2 atom stereocenters. The summed E-state index contributed by atoms with van der Waals surface area (Å²) in [7, 11) is 1.95. The molecule has 2 unspecified atom stereocenters. The number of carboxylic acids is 1. The lowest BCUT2D eigenvalue weighted by atomic mass is 9.86. The number of rotatable bonds is 3. The standard InChI is InChI=1S/C13H19N3O2/c1-9-4-3-5-10(8-9)16(2)13-14-7-6-11(15-13)12(17)18/h6-7,9-10H,3-5,8H2,1-2H3,(H,17,18). The molecule has 0 aromatic carbocycles. The molecule has 0 saturated heterocycles. The van der Waals surface area contributed by atoms with E-state index in [2.05, 4.69) is 16.9 Å². The average Bonchev–Trinajstić information content (AvgIpc) is 2.38. The summed E-state index contributed by atoms with van der Waals surface area (Å²) in [5, 5.41) is 8.93. The van der Waals surface area contributed by atoms with Gasteiger partial charge in [-0.15, -0.1) is 0 Å². The van der Waals surface area contributed by atoms with Crippen LogP contribution in [0.15, 0.2) is 12.3 Å². The maximum Gasteiger partial charge on any atom is 0.354 e. The smallest absolute Gasteiger partial charge is 0.354 e. The number of aromatic carboxylic acids is 1. The molecule has 0 amide bonds. The van der Waals surface area contributed by atoms with Gasteiger partial charge < -0.3 is 10.0 Å². The second-order valence-electron chi connectivity index (χ2n) is 5.08. The van der Waals surface area contributed by atoms with Crippen molar-refractivity contribution in [1.29, 1.82) is 0 Å². The van der Waals surface area contributed by atoms with Crippen molar-refractivity contribution in [2.45, 2.75) is 38.6 Å². The van der Waals surface area contributed by atoms with Crippen molar-refractivity contribution in [3.8, 4) is 0 Å². The van der Waals surface area contributed by atoms with Crippen LogP contribution in [0, 0.1) is 5.92 Å². The SMILES string of the molecule is CC1CCCC(N(C)c2nccc(C(=O)O)n2)C1. The highest BCUT2D eigenvalue weighted by atomic mass is 16.4. The average molecular weight is 249 g/mol. The fourth-order valence-electron chi connectivity index (χ4n) is 2.55. The van der Waals surface area contributed by atoms with Gasteiger partial charge in [0.2, 0.25) is 5.95 Å². The van der Waals surface area contributed by atoms with Crippen LogP contribution in [0.4, 0.5) is 5.95 Å². The van der Waals surface area contributed by atoms with Gasteiger partial charge in [0.15, 0.2) is 5.69 Å². The lowest BCUT2D eigenvalue weighted by Crippen LogP contribution is -2.36. The van der Waals surface area contributed by atoms with E-state index in [1.165, 1.54) is 25.1 Å². The normalized spacial score (nSPS) is 23.7. The van der Waals surface area contributed by atoms with Gasteiger partial charge in [0.1, 0.15) is 0 Å². The van der Waals surface area contributed by atoms with Crippen LogP contribution in [0.2, 0.25) is 0 Å². The highest BCUT2D eigenvalue weighted by molar-refractivity contribution is 5.85. The van der Waals surface area contributed by atoms with Crippen LogP contribution in [-0.4, -0.2) is 34.1 Å². The molecule has 1 fully saturated rings. The fourth-order valence-corrected chi connectivity index (χ4v) is 2.55. The van der Waals surface area contributed by atoms with Crippen molar-refractivity contribution in [2.24, 2.45) is 5.92 Å². The maximum absolute atomic E-state index is 10.9. The third kappa shape index (κ3) is 2.78. The van der Waals surface area contributed by atoms with Crippen molar-refractivity contribution in [1.82, 2.24) is 9.97 Å². The van der Waals surface area contributed by atoms with E-state index in [9.17, 15) is 4.79 Å². The molecule has 98 valence electrons. The van der Waals surface area contributed by atoms with Gasteiger partial charge in [-0.1, -0.05) is 19.8 Å². The highest BCUT2D eigenvalue weighted by Gasteiger charge is 2.24. The minimum atomic E-state index is -1.01. The summed E-state index contributed by atoms with van der Waals surface area (Å²) >= 11 is 0. The van der Waals surface area contributed by atoms with E-state index in [0.29, 0.717) is 17.9 Å². The Hall–Kier alpha value is -1.65. The van der Waals surface area contributed by atoms with Crippen LogP contribution in [0.5, 0.6) is 0 Å². The van der Waals surface area contributed by atoms with Crippen LogP contribution >= 0.6 is 0 Å². The predicted octanol–water partition coefficient (Wildman–Crippen LogP) is 2.19. The summed E-state index contributed by atoms with van der Waals surface area (Å²) in [4.78, 5) is 21.2. The van der Waals surface area contributed by atoms with Crippen molar-refractivity contribution in [3.05, 3.63) is 18.0 Å². The summed E-state index contributed by atoms with van der Waals surface area (Å²) < 4.78 is 0. The number of nitrogens with zero attached hydrogens (tertiary/aromatic N) is 3. The topological polar surface area (TPSA) is 66.3 Å². The first-order valence-corrected chi connectivity index (χ1v) is 6.37. The number of anilines is 1. The number of aromatic nitrogens is 2. The van der Waals surface area contributed by atoms with E-state index < -0.39 is 5.97 Å². The van der Waals surface area contributed by atoms with E-state index in [1.807, 2.05) is 11.9 Å². The Morgan fingerprint density at radius 3 is 2.94 bits per heavy atom. The number of carbonyl (C=O) groups is 1. The lowest BCUT2D eigenvalue weighted by Gasteiger charge is -2.34. The van der Waals surface area contributed by atoms with Crippen molar-refractivity contribution >= 4 is 11.9 Å². The zero-order valence-corrected chi connectivity index (χ0v) is 10.8. The van der Waals surface area contributed by atoms with Crippen LogP contribution in [-0.2, 0) is 0 Å². The minimum absolute atomic E-state index is 0.0516. The summed E-state index contributed by atoms with van der Waals surface area (Å²) in [5.41, 5.74) is 0.0516. The Morgan fingerprint density at radius 2 is 2.28 bits per heavy atom. The molecule has 1 aliphatic carbocycles. The molecule has 1 aromatic heterocycles. The minimum Gasteiger partial charge on any atom is -0.477 e. The van der Waals surface area contributed by atoms with Crippen LogP contribution < -0.4 is 4.90 Å². The monoisotopic (exact) mass is 249 g/mol. The maximum atomic E-state index is 10.9. The zero-order valence-electron chi connectivity index (χ0n) is 10.8. The van der Waals surface area contributed by atoms with Gasteiger partial charge in [0.05, 0.1) is 0 Å². The highest BCUT2D eigenvalue weighted by Crippen LogP contribution is 2.28. The van der Waals surface area contributed by atoms with Gasteiger partial charge in [0.25, 0.3) is 0 Å². The first-order valence-electron chi connectivity index (χ1n) is 6.37. The molecule has 0 spiro atoms. The third-order valence-corrected chi connectivity index (χ3v) is 3.63. The molecule has 1 saturated carbocycles. The second kappa shape index (κ2) is 5.33. The van der Waals surface area contributed by atoms with E-state index in [-0.39, 0.29) is 5.69 Å². The molecule has 0 aliphatic heterocycles. The molecule has 5 nitrogen and oxygen atoms in total. The van der Waals surface area contributed by atoms with Crippen molar-refractivity contribution in [2.75, 3.05) is 11.9 Å². The van der Waals surface area contributed by atoms with Gasteiger partial charge >= 0.3 is 5.97 Å². The molecule has 0 bridgehead atoms. The Kier molecular flexibility index (Phi) is 3.79. The fraction of sp³-hybridized carbons (Fsp3) is 0.615. The number of carboxylic acid groups (broad SMARTS) is 1. The molecule has 1 heterocycles. The first kappa shape index (κ1) is 12.8. The molecule has 18 heavy (non-hydrogen) atoms. The van der Waals surface area contributed by atoms with E-state index in [1.54, 1.807) is 0 Å². The number of hydrogen-bond donors (Lipinski definition) is 1. The quantitative estimate of drug-likeness (QED) is 0.889. The molecular formula is C13H19N3O2. The molecule has 1 aromatic rings. The van der Waals surface area contributed by atoms with Gasteiger partial charge in [0, 0.05) is 19.3 Å². The summed E-state index contributed by atoms with van der Waals surface area (Å²) in [5.74, 6) is 0.215. The predicted molar refractivity (Wildman–Crippen MR) is 68.8 cm³/mol. The first-order chi connectivity index (χ1) is 8.58. The molecule has 0 radical (unpaired) electrons.